The van der Waals surface area contributed by atoms with Crippen molar-refractivity contribution in [3.8, 4) is 0 Å². The molecular weight excluding hydrogens is 460 g/mol. The number of benzene rings is 2. The molecule has 0 spiro atoms. The van der Waals surface area contributed by atoms with E-state index >= 15 is 0 Å². The predicted octanol–water partition coefficient (Wildman–Crippen LogP) is 2.76. The molecule has 2 amide bonds. The van der Waals surface area contributed by atoms with E-state index in [0.29, 0.717) is 16.1 Å². The summed E-state index contributed by atoms with van der Waals surface area (Å²) in [5.74, 6) is -3.06. The lowest BCUT2D eigenvalue weighted by Crippen LogP contribution is -2.52. The Balaban J connectivity index is 2.33. The maximum Gasteiger partial charge on any atom is 0.268 e. The van der Waals surface area contributed by atoms with Gasteiger partial charge in [0.15, 0.2) is 0 Å². The Morgan fingerprint density at radius 3 is 2.14 bits per heavy atom. The van der Waals surface area contributed by atoms with E-state index in [9.17, 15) is 19.5 Å². The first-order valence-corrected chi connectivity index (χ1v) is 9.90. The molecule has 1 atom stereocenters. The molecule has 152 valence electrons. The number of carboxylic acids is 1. The van der Waals surface area contributed by atoms with Crippen molar-refractivity contribution >= 4 is 51.4 Å². The van der Waals surface area contributed by atoms with Crippen LogP contribution in [0.25, 0.3) is 6.08 Å². The zero-order chi connectivity index (χ0) is 21.6. The molecule has 2 aromatic rings. The predicted molar refractivity (Wildman–Crippen MR) is 113 cm³/mol. The van der Waals surface area contributed by atoms with Crippen LogP contribution in [0.4, 0.5) is 0 Å². The van der Waals surface area contributed by atoms with Gasteiger partial charge in [0.1, 0.15) is 5.70 Å². The molecule has 2 rings (SSSR count). The zero-order valence-electron chi connectivity index (χ0n) is 15.7. The van der Waals surface area contributed by atoms with Crippen LogP contribution in [0.2, 0.25) is 5.02 Å². The van der Waals surface area contributed by atoms with Crippen molar-refractivity contribution < 1.29 is 19.5 Å². The van der Waals surface area contributed by atoms with Crippen LogP contribution in [0.1, 0.15) is 29.8 Å². The minimum Gasteiger partial charge on any atom is -0.548 e. The smallest absolute Gasteiger partial charge is 0.268 e. The molecule has 6 nitrogen and oxygen atoms in total. The minimum absolute atomic E-state index is 0.104. The van der Waals surface area contributed by atoms with E-state index in [1.165, 1.54) is 6.08 Å². The van der Waals surface area contributed by atoms with Crippen LogP contribution in [-0.2, 0) is 9.59 Å². The molecule has 0 aliphatic carbocycles. The third kappa shape index (κ3) is 6.73. The highest BCUT2D eigenvalue weighted by molar-refractivity contribution is 9.10. The molecule has 0 heterocycles. The molecular formula is C21H19BrClN2O4-. The summed E-state index contributed by atoms with van der Waals surface area (Å²) in [7, 11) is 0. The lowest BCUT2D eigenvalue weighted by molar-refractivity contribution is -0.309. The highest BCUT2D eigenvalue weighted by Gasteiger charge is 2.21. The molecule has 0 bridgehead atoms. The second kappa shape index (κ2) is 10.2. The van der Waals surface area contributed by atoms with Gasteiger partial charge in [-0.1, -0.05) is 53.5 Å². The van der Waals surface area contributed by atoms with Crippen LogP contribution >= 0.6 is 27.5 Å². The van der Waals surface area contributed by atoms with Gasteiger partial charge in [0.25, 0.3) is 11.8 Å². The number of hydrogen-bond acceptors (Lipinski definition) is 4. The number of aliphatic carboxylic acids is 1. The molecule has 2 N–H and O–H groups in total. The lowest BCUT2D eigenvalue weighted by atomic mass is 10.0. The Morgan fingerprint density at radius 1 is 1.03 bits per heavy atom. The Hall–Kier alpha value is -2.64. The normalized spacial score (nSPS) is 12.4. The first-order valence-electron chi connectivity index (χ1n) is 8.73. The number of rotatable bonds is 7. The van der Waals surface area contributed by atoms with Gasteiger partial charge in [-0.05, 0) is 54.0 Å². The van der Waals surface area contributed by atoms with Gasteiger partial charge >= 0.3 is 0 Å². The summed E-state index contributed by atoms with van der Waals surface area (Å²) >= 11 is 9.17. The summed E-state index contributed by atoms with van der Waals surface area (Å²) in [5.41, 5.74) is 0.834. The number of carbonyl (C=O) groups excluding carboxylic acids is 3. The molecule has 0 radical (unpaired) electrons. The van der Waals surface area contributed by atoms with Crippen LogP contribution in [0, 0.1) is 5.92 Å². The van der Waals surface area contributed by atoms with Gasteiger partial charge in [0, 0.05) is 15.1 Å². The number of halogens is 2. The van der Waals surface area contributed by atoms with Gasteiger partial charge in [0.2, 0.25) is 0 Å². The fourth-order valence-electron chi connectivity index (χ4n) is 2.40. The quantitative estimate of drug-likeness (QED) is 0.598. The van der Waals surface area contributed by atoms with E-state index in [2.05, 4.69) is 26.6 Å². The van der Waals surface area contributed by atoms with Crippen molar-refractivity contribution in [3.63, 3.8) is 0 Å². The van der Waals surface area contributed by atoms with Crippen LogP contribution in [0.3, 0.4) is 0 Å². The van der Waals surface area contributed by atoms with Crippen molar-refractivity contribution in [2.75, 3.05) is 0 Å². The third-order valence-corrected chi connectivity index (χ3v) is 4.77. The van der Waals surface area contributed by atoms with Crippen molar-refractivity contribution in [1.82, 2.24) is 10.6 Å². The van der Waals surface area contributed by atoms with Gasteiger partial charge in [-0.2, -0.15) is 0 Å². The summed E-state index contributed by atoms with van der Waals surface area (Å²) in [6.07, 6.45) is 1.44. The van der Waals surface area contributed by atoms with Crippen molar-refractivity contribution in [2.24, 2.45) is 5.92 Å². The third-order valence-electron chi connectivity index (χ3n) is 3.99. The molecule has 0 aliphatic heterocycles. The molecule has 2 aromatic carbocycles. The molecule has 0 saturated carbocycles. The lowest BCUT2D eigenvalue weighted by Gasteiger charge is -2.24. The molecule has 0 aromatic heterocycles. The topological polar surface area (TPSA) is 98.3 Å². The maximum atomic E-state index is 12.7. The largest absolute Gasteiger partial charge is 0.548 e. The zero-order valence-corrected chi connectivity index (χ0v) is 18.1. The number of hydrogen-bond donors (Lipinski definition) is 2. The number of nitrogens with one attached hydrogen (secondary N) is 2. The van der Waals surface area contributed by atoms with Crippen LogP contribution in [-0.4, -0.2) is 23.8 Å². The molecule has 0 unspecified atom stereocenters. The van der Waals surface area contributed by atoms with E-state index in [0.717, 1.165) is 4.47 Å². The minimum atomic E-state index is -1.40. The molecule has 8 heteroatoms. The van der Waals surface area contributed by atoms with Gasteiger partial charge in [0.05, 0.1) is 12.0 Å². The highest BCUT2D eigenvalue weighted by Crippen LogP contribution is 2.14. The Morgan fingerprint density at radius 2 is 1.62 bits per heavy atom. The average Bonchev–Trinajstić information content (AvgIpc) is 2.67. The summed E-state index contributed by atoms with van der Waals surface area (Å²) in [5, 5.41) is 16.8. The van der Waals surface area contributed by atoms with E-state index in [1.807, 2.05) is 0 Å². The Kier molecular flexibility index (Phi) is 7.99. The van der Waals surface area contributed by atoms with Gasteiger partial charge < -0.3 is 20.5 Å². The molecule has 0 saturated heterocycles. The van der Waals surface area contributed by atoms with E-state index in [4.69, 9.17) is 11.6 Å². The SMILES string of the molecule is CC(C)[C@@H](NC(=O)/C(=C/c1ccc(Cl)cc1)NC(=O)c1ccc(Br)cc1)C(=O)[O-]. The fourth-order valence-corrected chi connectivity index (χ4v) is 2.79. The Labute approximate surface area is 182 Å². The molecule has 0 fully saturated rings. The second-order valence-corrected chi connectivity index (χ2v) is 7.94. The summed E-state index contributed by atoms with van der Waals surface area (Å²) in [6, 6.07) is 12.0. The number of carbonyl (C=O) groups is 3. The summed E-state index contributed by atoms with van der Waals surface area (Å²) in [4.78, 5) is 36.6. The number of carboxylic acid groups (broad SMARTS) is 1. The monoisotopic (exact) mass is 477 g/mol. The standard InChI is InChI=1S/C21H20BrClN2O4/c1-12(2)18(21(28)29)25-20(27)17(11-13-3-9-16(23)10-4-13)24-19(26)14-5-7-15(22)8-6-14/h3-12,18H,1-2H3,(H,24,26)(H,25,27)(H,28,29)/p-1/b17-11-/t18-/m1/s1. The van der Waals surface area contributed by atoms with Crippen LogP contribution in [0.15, 0.2) is 58.7 Å². The fraction of sp³-hybridized carbons (Fsp3) is 0.190. The summed E-state index contributed by atoms with van der Waals surface area (Å²) < 4.78 is 0.803. The van der Waals surface area contributed by atoms with Gasteiger partial charge in [-0.3, -0.25) is 9.59 Å². The first kappa shape index (κ1) is 22.6. The van der Waals surface area contributed by atoms with E-state index in [1.54, 1.807) is 62.4 Å². The van der Waals surface area contributed by atoms with Crippen molar-refractivity contribution in [2.45, 2.75) is 19.9 Å². The highest BCUT2D eigenvalue weighted by atomic mass is 79.9. The van der Waals surface area contributed by atoms with Gasteiger partial charge in [-0.15, -0.1) is 0 Å². The second-order valence-electron chi connectivity index (χ2n) is 6.58. The van der Waals surface area contributed by atoms with Gasteiger partial charge in [-0.25, -0.2) is 0 Å². The van der Waals surface area contributed by atoms with Crippen molar-refractivity contribution in [1.29, 1.82) is 0 Å². The first-order chi connectivity index (χ1) is 13.7. The van der Waals surface area contributed by atoms with Crippen LogP contribution in [0.5, 0.6) is 0 Å². The van der Waals surface area contributed by atoms with E-state index in [-0.39, 0.29) is 5.70 Å². The van der Waals surface area contributed by atoms with Crippen LogP contribution < -0.4 is 15.7 Å². The Bertz CT molecular complexity index is 925. The maximum absolute atomic E-state index is 12.7. The van der Waals surface area contributed by atoms with E-state index < -0.39 is 29.7 Å². The molecule has 29 heavy (non-hydrogen) atoms. The molecule has 0 aliphatic rings. The van der Waals surface area contributed by atoms with Crippen molar-refractivity contribution in [3.05, 3.63) is 74.9 Å². The average molecular weight is 479 g/mol. The number of amides is 2. The summed E-state index contributed by atoms with van der Waals surface area (Å²) in [6.45, 7) is 3.29.